The molecular formula is C25H38N2O11S. The van der Waals surface area contributed by atoms with Gasteiger partial charge in [-0.15, -0.1) is 0 Å². The minimum Gasteiger partial charge on any atom is -0.490 e. The zero-order chi connectivity index (χ0) is 28.1. The Labute approximate surface area is 232 Å². The lowest BCUT2D eigenvalue weighted by Gasteiger charge is -2.15. The maximum absolute atomic E-state index is 12.2. The summed E-state index contributed by atoms with van der Waals surface area (Å²) in [6, 6.07) is 2.76. The third-order valence-corrected chi connectivity index (χ3v) is 6.06. The van der Waals surface area contributed by atoms with Crippen molar-refractivity contribution in [3.63, 3.8) is 0 Å². The average molecular weight is 575 g/mol. The van der Waals surface area contributed by atoms with Crippen LogP contribution in [0.5, 0.6) is 11.5 Å². The van der Waals surface area contributed by atoms with Gasteiger partial charge in [0.25, 0.3) is 5.69 Å². The van der Waals surface area contributed by atoms with Gasteiger partial charge in [0, 0.05) is 24.2 Å². The quantitative estimate of drug-likeness (QED) is 0.150. The van der Waals surface area contributed by atoms with Gasteiger partial charge in [-0.05, 0) is 37.2 Å². The van der Waals surface area contributed by atoms with Crippen molar-refractivity contribution in [3.05, 3.63) is 27.8 Å². The summed E-state index contributed by atoms with van der Waals surface area (Å²) in [5.41, 5.74) is 5.50. The number of nitro benzene ring substituents is 1. The molecule has 1 aromatic rings. The molecule has 220 valence electrons. The van der Waals surface area contributed by atoms with Crippen molar-refractivity contribution in [1.29, 1.82) is 0 Å². The van der Waals surface area contributed by atoms with Crippen molar-refractivity contribution in [2.75, 3.05) is 79.2 Å². The molecule has 2 N–H and O–H groups in total. The van der Waals surface area contributed by atoms with Gasteiger partial charge in [0.15, 0.2) is 11.5 Å². The van der Waals surface area contributed by atoms with E-state index >= 15 is 0 Å². The molecule has 13 nitrogen and oxygen atoms in total. The van der Waals surface area contributed by atoms with Crippen molar-refractivity contribution < 1.29 is 47.7 Å². The van der Waals surface area contributed by atoms with E-state index in [0.29, 0.717) is 71.9 Å². The fourth-order valence-electron chi connectivity index (χ4n) is 3.31. The number of carbonyl (C=O) groups is 2. The molecule has 2 aliphatic heterocycles. The van der Waals surface area contributed by atoms with E-state index < -0.39 is 10.2 Å². The number of nitro groups is 1. The Morgan fingerprint density at radius 1 is 0.897 bits per heavy atom. The zero-order valence-electron chi connectivity index (χ0n) is 22.1. The van der Waals surface area contributed by atoms with E-state index in [1.165, 1.54) is 12.1 Å². The minimum absolute atomic E-state index is 0.0127. The van der Waals surface area contributed by atoms with Gasteiger partial charge in [-0.1, -0.05) is 0 Å². The third-order valence-electron chi connectivity index (χ3n) is 5.25. The van der Waals surface area contributed by atoms with E-state index in [1.807, 2.05) is 0 Å². The molecule has 39 heavy (non-hydrogen) atoms. The molecule has 0 atom stereocenters. The summed E-state index contributed by atoms with van der Waals surface area (Å²) in [7, 11) is 0. The molecule has 1 aromatic carbocycles. The van der Waals surface area contributed by atoms with Crippen LogP contribution >= 0.6 is 11.8 Å². The number of hydrogen-bond acceptors (Lipinski definition) is 13. The number of fused-ring (bicyclic) bond motifs is 20. The molecular weight excluding hydrogens is 536 g/mol. The molecule has 0 spiro atoms. The largest absolute Gasteiger partial charge is 0.490 e. The van der Waals surface area contributed by atoms with Crippen molar-refractivity contribution in [3.8, 4) is 11.5 Å². The van der Waals surface area contributed by atoms with Crippen LogP contribution in [0.3, 0.4) is 0 Å². The van der Waals surface area contributed by atoms with Crippen molar-refractivity contribution in [2.45, 2.75) is 31.4 Å². The number of benzene rings is 1. The van der Waals surface area contributed by atoms with Crippen LogP contribution in [0.25, 0.3) is 0 Å². The van der Waals surface area contributed by atoms with Crippen LogP contribution in [0.4, 0.5) is 10.5 Å². The number of thioether (sulfide) groups is 1. The molecule has 2 aliphatic rings. The fraction of sp³-hybridized carbons (Fsp3) is 0.680. The van der Waals surface area contributed by atoms with E-state index in [9.17, 15) is 19.7 Å². The fourth-order valence-corrected chi connectivity index (χ4v) is 3.98. The van der Waals surface area contributed by atoms with Gasteiger partial charge in [-0.3, -0.25) is 14.9 Å². The smallest absolute Gasteiger partial charge is 0.367 e. The topological polar surface area (TPSA) is 168 Å². The van der Waals surface area contributed by atoms with E-state index in [-0.39, 0.29) is 67.3 Å². The first kappa shape index (κ1) is 32.7. The van der Waals surface area contributed by atoms with Crippen LogP contribution in [0.2, 0.25) is 0 Å². The molecule has 0 fully saturated rings. The van der Waals surface area contributed by atoms with E-state index in [4.69, 9.17) is 38.9 Å². The molecule has 0 aromatic heterocycles. The van der Waals surface area contributed by atoms with Crippen molar-refractivity contribution in [1.82, 2.24) is 0 Å². The maximum atomic E-state index is 12.2. The van der Waals surface area contributed by atoms with Gasteiger partial charge in [-0.2, -0.15) is 0 Å². The molecule has 0 amide bonds. The van der Waals surface area contributed by atoms with Gasteiger partial charge in [0.1, 0.15) is 19.0 Å². The van der Waals surface area contributed by atoms with Crippen LogP contribution in [0.15, 0.2) is 12.1 Å². The molecule has 2 heterocycles. The van der Waals surface area contributed by atoms with Gasteiger partial charge in [-0.25, -0.2) is 4.79 Å². The molecule has 0 aliphatic carbocycles. The van der Waals surface area contributed by atoms with Gasteiger partial charge >= 0.3 is 5.30 Å². The first-order valence-corrected chi connectivity index (χ1v) is 13.9. The minimum atomic E-state index is -0.587. The highest BCUT2D eigenvalue weighted by Crippen LogP contribution is 2.37. The second-order valence-corrected chi connectivity index (χ2v) is 9.16. The molecule has 0 radical (unpaired) electrons. The molecule has 0 saturated heterocycles. The Balaban J connectivity index is 2.08. The summed E-state index contributed by atoms with van der Waals surface area (Å²) < 4.78 is 38.4. The van der Waals surface area contributed by atoms with Crippen molar-refractivity contribution in [2.24, 2.45) is 5.73 Å². The first-order valence-electron chi connectivity index (χ1n) is 12.9. The van der Waals surface area contributed by atoms with Gasteiger partial charge in [0.05, 0.1) is 70.5 Å². The molecule has 2 bridgehead atoms. The molecule has 14 heteroatoms. The summed E-state index contributed by atoms with van der Waals surface area (Å²) >= 11 is 0.791. The Bertz CT molecular complexity index is 888. The standard InChI is InChI=1S/C25H38N2O11S/c26-5-1-3-21(28)4-2-6-36-23-17-20-19-39-25(29)38-16-14-35-12-10-33-8-7-32-9-11-34-13-15-37-24(23)18-22(20)27(30)31/h17-18H,1-16,19,26H2. The summed E-state index contributed by atoms with van der Waals surface area (Å²) in [5, 5.41) is 11.2. The predicted molar refractivity (Wildman–Crippen MR) is 143 cm³/mol. The molecule has 0 unspecified atom stereocenters. The Kier molecular flexibility index (Phi) is 17.1. The van der Waals surface area contributed by atoms with Crippen LogP contribution in [-0.2, 0) is 34.2 Å². The van der Waals surface area contributed by atoms with Crippen LogP contribution < -0.4 is 15.2 Å². The second-order valence-electron chi connectivity index (χ2n) is 8.25. The number of nitrogens with zero attached hydrogens (tertiary/aromatic N) is 1. The highest BCUT2D eigenvalue weighted by molar-refractivity contribution is 8.12. The lowest BCUT2D eigenvalue weighted by molar-refractivity contribution is -0.385. The van der Waals surface area contributed by atoms with Crippen LogP contribution in [0, 0.1) is 10.1 Å². The van der Waals surface area contributed by atoms with Gasteiger partial charge < -0.3 is 38.9 Å². The van der Waals surface area contributed by atoms with E-state index in [1.54, 1.807) is 0 Å². The lowest BCUT2D eigenvalue weighted by Crippen LogP contribution is -2.14. The normalized spacial score (nSPS) is 17.1. The van der Waals surface area contributed by atoms with Crippen LogP contribution in [-0.4, -0.2) is 95.2 Å². The highest BCUT2D eigenvalue weighted by Gasteiger charge is 2.22. The van der Waals surface area contributed by atoms with Gasteiger partial charge in [0.2, 0.25) is 0 Å². The maximum Gasteiger partial charge on any atom is 0.367 e. The highest BCUT2D eigenvalue weighted by atomic mass is 32.2. The zero-order valence-corrected chi connectivity index (χ0v) is 22.9. The summed E-state index contributed by atoms with van der Waals surface area (Å²) in [5.74, 6) is 0.524. The Hall–Kier alpha value is -2.49. The van der Waals surface area contributed by atoms with E-state index in [2.05, 4.69) is 0 Å². The monoisotopic (exact) mass is 574 g/mol. The van der Waals surface area contributed by atoms with Crippen molar-refractivity contribution >= 4 is 28.5 Å². The number of ketones is 1. The number of ether oxygens (including phenoxy) is 7. The Morgan fingerprint density at radius 3 is 2.05 bits per heavy atom. The third kappa shape index (κ3) is 14.5. The number of rotatable bonds is 9. The predicted octanol–water partition coefficient (Wildman–Crippen LogP) is 2.89. The average Bonchev–Trinajstić information content (AvgIpc) is 2.92. The Morgan fingerprint density at radius 2 is 1.46 bits per heavy atom. The summed E-state index contributed by atoms with van der Waals surface area (Å²) in [6.07, 6.45) is 1.86. The second kappa shape index (κ2) is 20.4. The first-order chi connectivity index (χ1) is 19.0. The number of Topliss-reactive ketones (excluding diaryl/α,β-unsaturated/α-hetero) is 1. The molecule has 3 rings (SSSR count). The summed E-state index contributed by atoms with van der Waals surface area (Å²) in [6.45, 7) is 3.52. The SMILES string of the molecule is NCCCC(=O)CCCOc1cc2c([N+](=O)[O-])cc1OCCOCCOCCOCCOCCOC(=O)SC2. The lowest BCUT2D eigenvalue weighted by atomic mass is 10.1. The number of carbonyl (C=O) groups excluding carboxylic acids is 2. The molecule has 0 saturated carbocycles. The number of nitrogens with two attached hydrogens (primary N) is 1. The van der Waals surface area contributed by atoms with E-state index in [0.717, 1.165) is 11.8 Å². The van der Waals surface area contributed by atoms with Crippen LogP contribution in [0.1, 0.15) is 31.2 Å². The number of hydrogen-bond donors (Lipinski definition) is 1. The summed E-state index contributed by atoms with van der Waals surface area (Å²) in [4.78, 5) is 35.3.